The monoisotopic (exact) mass is 423 g/mol. The van der Waals surface area contributed by atoms with E-state index in [0.29, 0.717) is 23.2 Å². The number of fused-ring (bicyclic) bond motifs is 1. The van der Waals surface area contributed by atoms with Crippen LogP contribution in [-0.4, -0.2) is 36.7 Å². The van der Waals surface area contributed by atoms with Gasteiger partial charge in [0, 0.05) is 23.7 Å². The van der Waals surface area contributed by atoms with Crippen LogP contribution in [0.1, 0.15) is 24.2 Å². The van der Waals surface area contributed by atoms with Crippen LogP contribution < -0.4 is 5.32 Å². The number of amides is 1. The number of hydrogen-bond donors (Lipinski definition) is 1. The molecule has 0 fully saturated rings. The summed E-state index contributed by atoms with van der Waals surface area (Å²) in [6.45, 7) is 4.28. The fourth-order valence-corrected chi connectivity index (χ4v) is 5.27. The highest BCUT2D eigenvalue weighted by Gasteiger charge is 2.22. The number of hydrogen-bond acceptors (Lipinski definition) is 5. The summed E-state index contributed by atoms with van der Waals surface area (Å²) in [5.74, 6) is -0.420. The van der Waals surface area contributed by atoms with Crippen molar-refractivity contribution in [3.05, 3.63) is 53.1 Å². The topological polar surface area (TPSA) is 79.4 Å². The lowest BCUT2D eigenvalue weighted by atomic mass is 10.2. The van der Waals surface area contributed by atoms with E-state index < -0.39 is 15.9 Å². The molecule has 0 spiro atoms. The SMILES string of the molecule is CCN(CC)S(=O)(=O)c1cccc(C(=O)Nc2nc3ccc(Cl)cc3s2)c1. The first-order valence-electron chi connectivity index (χ1n) is 8.32. The first-order chi connectivity index (χ1) is 12.8. The standard InChI is InChI=1S/C18H18ClN3O3S2/c1-3-22(4-2)27(24,25)14-7-5-6-12(10-14)17(23)21-18-20-15-9-8-13(19)11-16(15)26-18/h5-11H,3-4H2,1-2H3,(H,20,21,23). The fourth-order valence-electron chi connectivity index (χ4n) is 2.63. The van der Waals surface area contributed by atoms with E-state index in [2.05, 4.69) is 10.3 Å². The van der Waals surface area contributed by atoms with Gasteiger partial charge in [-0.05, 0) is 36.4 Å². The Bertz CT molecular complexity index is 1090. The molecule has 3 aromatic rings. The van der Waals surface area contributed by atoms with E-state index in [-0.39, 0.29) is 10.5 Å². The van der Waals surface area contributed by atoms with Gasteiger partial charge in [0.25, 0.3) is 5.91 Å². The highest BCUT2D eigenvalue weighted by molar-refractivity contribution is 7.89. The first kappa shape index (κ1) is 19.8. The van der Waals surface area contributed by atoms with Crippen molar-refractivity contribution in [2.75, 3.05) is 18.4 Å². The van der Waals surface area contributed by atoms with Gasteiger partial charge in [0.15, 0.2) is 5.13 Å². The predicted octanol–water partition coefficient (Wildman–Crippen LogP) is 4.23. The molecule has 27 heavy (non-hydrogen) atoms. The second-order valence-corrected chi connectivity index (χ2v) is 9.11. The maximum absolute atomic E-state index is 12.6. The molecule has 142 valence electrons. The molecule has 0 saturated carbocycles. The second-order valence-electron chi connectivity index (χ2n) is 5.70. The average Bonchev–Trinajstić information content (AvgIpc) is 3.03. The van der Waals surface area contributed by atoms with Gasteiger partial charge in [-0.1, -0.05) is 42.9 Å². The van der Waals surface area contributed by atoms with Crippen molar-refractivity contribution in [1.82, 2.24) is 9.29 Å². The average molecular weight is 424 g/mol. The van der Waals surface area contributed by atoms with Crippen LogP contribution in [0, 0.1) is 0 Å². The van der Waals surface area contributed by atoms with E-state index in [1.54, 1.807) is 44.2 Å². The Hall–Kier alpha value is -2.00. The Morgan fingerprint density at radius 3 is 2.63 bits per heavy atom. The Balaban J connectivity index is 1.86. The number of thiazole rings is 1. The molecule has 0 aliphatic rings. The van der Waals surface area contributed by atoms with Crippen molar-refractivity contribution >= 4 is 54.2 Å². The lowest BCUT2D eigenvalue weighted by Gasteiger charge is -2.18. The van der Waals surface area contributed by atoms with Crippen molar-refractivity contribution in [2.45, 2.75) is 18.7 Å². The smallest absolute Gasteiger partial charge is 0.257 e. The largest absolute Gasteiger partial charge is 0.298 e. The summed E-state index contributed by atoms with van der Waals surface area (Å²) in [6, 6.07) is 11.3. The zero-order valence-electron chi connectivity index (χ0n) is 14.8. The lowest BCUT2D eigenvalue weighted by molar-refractivity contribution is 0.102. The number of benzene rings is 2. The van der Waals surface area contributed by atoms with Gasteiger partial charge in [-0.25, -0.2) is 13.4 Å². The second kappa shape index (κ2) is 7.93. The number of halogens is 1. The Morgan fingerprint density at radius 2 is 1.93 bits per heavy atom. The van der Waals surface area contributed by atoms with E-state index in [4.69, 9.17) is 11.6 Å². The minimum absolute atomic E-state index is 0.0925. The van der Waals surface area contributed by atoms with Crippen LogP contribution in [-0.2, 0) is 10.0 Å². The summed E-state index contributed by atoms with van der Waals surface area (Å²) in [5.41, 5.74) is 0.984. The minimum atomic E-state index is -3.63. The van der Waals surface area contributed by atoms with Crippen molar-refractivity contribution in [2.24, 2.45) is 0 Å². The summed E-state index contributed by atoms with van der Waals surface area (Å²) in [6.07, 6.45) is 0. The molecule has 9 heteroatoms. The molecule has 0 aliphatic carbocycles. The number of nitrogens with one attached hydrogen (secondary N) is 1. The number of carbonyl (C=O) groups is 1. The van der Waals surface area contributed by atoms with Crippen LogP contribution in [0.4, 0.5) is 5.13 Å². The minimum Gasteiger partial charge on any atom is -0.298 e. The van der Waals surface area contributed by atoms with Crippen molar-refractivity contribution in [1.29, 1.82) is 0 Å². The van der Waals surface area contributed by atoms with Crippen LogP contribution in [0.2, 0.25) is 5.02 Å². The zero-order valence-corrected chi connectivity index (χ0v) is 17.2. The number of anilines is 1. The zero-order chi connectivity index (χ0) is 19.6. The highest BCUT2D eigenvalue weighted by atomic mass is 35.5. The maximum atomic E-state index is 12.6. The van der Waals surface area contributed by atoms with Gasteiger partial charge in [-0.15, -0.1) is 0 Å². The van der Waals surface area contributed by atoms with Gasteiger partial charge in [-0.2, -0.15) is 4.31 Å². The highest BCUT2D eigenvalue weighted by Crippen LogP contribution is 2.28. The third-order valence-corrected chi connectivity index (χ3v) is 7.22. The van der Waals surface area contributed by atoms with Crippen molar-refractivity contribution in [3.8, 4) is 0 Å². The summed E-state index contributed by atoms with van der Waals surface area (Å²) >= 11 is 7.27. The van der Waals surface area contributed by atoms with Gasteiger partial charge < -0.3 is 0 Å². The number of rotatable bonds is 6. The molecule has 1 aromatic heterocycles. The molecule has 1 amide bonds. The summed E-state index contributed by atoms with van der Waals surface area (Å²) in [7, 11) is -3.63. The van der Waals surface area contributed by atoms with Crippen LogP contribution in [0.3, 0.4) is 0 Å². The molecule has 3 rings (SSSR count). The molecule has 0 unspecified atom stereocenters. The first-order valence-corrected chi connectivity index (χ1v) is 11.0. The van der Waals surface area contributed by atoms with Crippen molar-refractivity contribution in [3.63, 3.8) is 0 Å². The Kier molecular flexibility index (Phi) is 5.81. The molecule has 0 saturated heterocycles. The molecular weight excluding hydrogens is 406 g/mol. The maximum Gasteiger partial charge on any atom is 0.257 e. The van der Waals surface area contributed by atoms with Crippen LogP contribution in [0.15, 0.2) is 47.4 Å². The Labute approximate surface area is 166 Å². The summed E-state index contributed by atoms with van der Waals surface area (Å²) in [5, 5.41) is 3.74. The number of carbonyl (C=O) groups excluding carboxylic acids is 1. The molecule has 0 bridgehead atoms. The van der Waals surface area contributed by atoms with E-state index in [1.807, 2.05) is 0 Å². The Morgan fingerprint density at radius 1 is 1.19 bits per heavy atom. The third kappa shape index (κ3) is 4.14. The van der Waals surface area contributed by atoms with Gasteiger partial charge in [-0.3, -0.25) is 10.1 Å². The molecule has 1 heterocycles. The summed E-state index contributed by atoms with van der Waals surface area (Å²) < 4.78 is 27.5. The molecular formula is C18H18ClN3O3S2. The quantitative estimate of drug-likeness (QED) is 0.643. The van der Waals surface area contributed by atoms with Crippen LogP contribution in [0.25, 0.3) is 10.2 Å². The normalized spacial score (nSPS) is 11.9. The molecule has 6 nitrogen and oxygen atoms in total. The van der Waals surface area contributed by atoms with Crippen LogP contribution >= 0.6 is 22.9 Å². The molecule has 0 radical (unpaired) electrons. The summed E-state index contributed by atoms with van der Waals surface area (Å²) in [4.78, 5) is 17.0. The predicted molar refractivity (Wildman–Crippen MR) is 109 cm³/mol. The molecule has 0 atom stereocenters. The van der Waals surface area contributed by atoms with Gasteiger partial charge in [0.1, 0.15) is 0 Å². The lowest BCUT2D eigenvalue weighted by Crippen LogP contribution is -2.30. The number of nitrogens with zero attached hydrogens (tertiary/aromatic N) is 2. The van der Waals surface area contributed by atoms with E-state index in [9.17, 15) is 13.2 Å². The van der Waals surface area contributed by atoms with Gasteiger partial charge in [0.05, 0.1) is 15.1 Å². The number of sulfonamides is 1. The third-order valence-electron chi connectivity index (χ3n) is 4.01. The van der Waals surface area contributed by atoms with Gasteiger partial charge in [0.2, 0.25) is 10.0 Å². The van der Waals surface area contributed by atoms with E-state index >= 15 is 0 Å². The molecule has 2 aromatic carbocycles. The fraction of sp³-hybridized carbons (Fsp3) is 0.222. The van der Waals surface area contributed by atoms with Crippen LogP contribution in [0.5, 0.6) is 0 Å². The van der Waals surface area contributed by atoms with Crippen molar-refractivity contribution < 1.29 is 13.2 Å². The van der Waals surface area contributed by atoms with E-state index in [0.717, 1.165) is 10.2 Å². The molecule has 1 N–H and O–H groups in total. The number of aromatic nitrogens is 1. The van der Waals surface area contributed by atoms with Gasteiger partial charge >= 0.3 is 0 Å². The molecule has 0 aliphatic heterocycles. The van der Waals surface area contributed by atoms with E-state index in [1.165, 1.54) is 27.8 Å².